The zero-order valence-electron chi connectivity index (χ0n) is 15.5. The monoisotopic (exact) mass is 380 g/mol. The minimum atomic E-state index is 0.727. The van der Waals surface area contributed by atoms with Crippen LogP contribution >= 0.6 is 24.0 Å². The number of aromatic nitrogens is 2. The highest BCUT2D eigenvalue weighted by Gasteiger charge is 2.06. The van der Waals surface area contributed by atoms with E-state index in [2.05, 4.69) is 41.0 Å². The van der Waals surface area contributed by atoms with E-state index in [1.54, 1.807) is 0 Å². The van der Waals surface area contributed by atoms with E-state index in [-0.39, 0.29) is 0 Å². The van der Waals surface area contributed by atoms with Crippen molar-refractivity contribution in [1.29, 1.82) is 0 Å². The van der Waals surface area contributed by atoms with Crippen LogP contribution in [0.25, 0.3) is 0 Å². The maximum Gasteiger partial charge on any atom is 0.166 e. The molecule has 2 heterocycles. The van der Waals surface area contributed by atoms with Crippen LogP contribution in [-0.2, 0) is 12.3 Å². The summed E-state index contributed by atoms with van der Waals surface area (Å²) in [6.07, 6.45) is 1.02. The van der Waals surface area contributed by atoms with Crippen molar-refractivity contribution in [2.45, 2.75) is 46.4 Å². The molecule has 0 saturated heterocycles. The van der Waals surface area contributed by atoms with Crippen LogP contribution in [0.15, 0.2) is 16.5 Å². The maximum atomic E-state index is 5.55. The van der Waals surface area contributed by atoms with Gasteiger partial charge in [0.2, 0.25) is 0 Å². The van der Waals surface area contributed by atoms with Gasteiger partial charge < -0.3 is 19.6 Å². The summed E-state index contributed by atoms with van der Waals surface area (Å²) >= 11 is 7.16. The second-order valence-electron chi connectivity index (χ2n) is 6.08. The van der Waals surface area contributed by atoms with E-state index in [0.29, 0.717) is 0 Å². The van der Waals surface area contributed by atoms with Gasteiger partial charge in [-0.15, -0.1) is 0 Å². The Morgan fingerprint density at radius 3 is 2.60 bits per heavy atom. The Kier molecular flexibility index (Phi) is 7.84. The molecule has 0 fully saturated rings. The standard InChI is InChI=1S/C18H28N4OS2/c1-13-6-7-17(23-13)12-25-11-9-20-18(24)19-8-5-10-22-15(3)14(2)21-16(22)4/h6-7H,5,8-12H2,1-4H3,(H2,19,20,24). The summed E-state index contributed by atoms with van der Waals surface area (Å²) < 4.78 is 7.81. The second-order valence-corrected chi connectivity index (χ2v) is 7.60. The van der Waals surface area contributed by atoms with E-state index >= 15 is 0 Å². The molecule has 0 unspecified atom stereocenters. The van der Waals surface area contributed by atoms with E-state index in [1.165, 1.54) is 5.69 Å². The lowest BCUT2D eigenvalue weighted by Gasteiger charge is -2.11. The summed E-state index contributed by atoms with van der Waals surface area (Å²) in [5.41, 5.74) is 2.37. The number of hydrogen-bond donors (Lipinski definition) is 2. The molecule has 0 atom stereocenters. The van der Waals surface area contributed by atoms with Crippen LogP contribution in [0.3, 0.4) is 0 Å². The largest absolute Gasteiger partial charge is 0.466 e. The highest BCUT2D eigenvalue weighted by Crippen LogP contribution is 2.14. The van der Waals surface area contributed by atoms with Crippen LogP contribution in [0.5, 0.6) is 0 Å². The van der Waals surface area contributed by atoms with Crippen LogP contribution in [-0.4, -0.2) is 33.5 Å². The van der Waals surface area contributed by atoms with Crippen molar-refractivity contribution in [3.05, 3.63) is 40.9 Å². The van der Waals surface area contributed by atoms with Gasteiger partial charge in [0, 0.05) is 31.1 Å². The van der Waals surface area contributed by atoms with Crippen molar-refractivity contribution in [3.63, 3.8) is 0 Å². The van der Waals surface area contributed by atoms with Crippen molar-refractivity contribution < 1.29 is 4.42 Å². The van der Waals surface area contributed by atoms with Crippen molar-refractivity contribution in [3.8, 4) is 0 Å². The zero-order chi connectivity index (χ0) is 18.2. The number of nitrogens with zero attached hydrogens (tertiary/aromatic N) is 2. The lowest BCUT2D eigenvalue weighted by atomic mass is 10.3. The van der Waals surface area contributed by atoms with E-state index in [1.807, 2.05) is 30.8 Å². The highest BCUT2D eigenvalue weighted by atomic mass is 32.2. The second kappa shape index (κ2) is 9.87. The summed E-state index contributed by atoms with van der Waals surface area (Å²) in [4.78, 5) is 4.50. The number of furan rings is 1. The Morgan fingerprint density at radius 1 is 1.20 bits per heavy atom. The molecule has 0 aliphatic carbocycles. The van der Waals surface area contributed by atoms with Crippen LogP contribution in [0.4, 0.5) is 0 Å². The predicted molar refractivity (Wildman–Crippen MR) is 109 cm³/mol. The van der Waals surface area contributed by atoms with Gasteiger partial charge in [0.25, 0.3) is 0 Å². The van der Waals surface area contributed by atoms with E-state index in [0.717, 1.165) is 65.7 Å². The molecule has 0 aromatic carbocycles. The molecule has 0 radical (unpaired) electrons. The fraction of sp³-hybridized carbons (Fsp3) is 0.556. The van der Waals surface area contributed by atoms with Gasteiger partial charge >= 0.3 is 0 Å². The molecule has 0 saturated carbocycles. The molecule has 0 amide bonds. The molecule has 7 heteroatoms. The lowest BCUT2D eigenvalue weighted by Crippen LogP contribution is -2.37. The molecule has 2 aromatic rings. The van der Waals surface area contributed by atoms with E-state index < -0.39 is 0 Å². The fourth-order valence-electron chi connectivity index (χ4n) is 2.63. The molecule has 5 nitrogen and oxygen atoms in total. The minimum Gasteiger partial charge on any atom is -0.466 e. The Balaban J connectivity index is 1.52. The topological polar surface area (TPSA) is 55.0 Å². The minimum absolute atomic E-state index is 0.727. The van der Waals surface area contributed by atoms with E-state index in [4.69, 9.17) is 16.6 Å². The van der Waals surface area contributed by atoms with Crippen molar-refractivity contribution in [2.24, 2.45) is 0 Å². The third kappa shape index (κ3) is 6.40. The smallest absolute Gasteiger partial charge is 0.166 e. The van der Waals surface area contributed by atoms with Gasteiger partial charge in [-0.25, -0.2) is 4.98 Å². The normalized spacial score (nSPS) is 10.9. The summed E-state index contributed by atoms with van der Waals surface area (Å²) in [5.74, 6) is 4.98. The number of thioether (sulfide) groups is 1. The molecule has 0 aliphatic rings. The molecular formula is C18H28N4OS2. The maximum absolute atomic E-state index is 5.55. The van der Waals surface area contributed by atoms with Gasteiger partial charge in [-0.05, 0) is 58.5 Å². The summed E-state index contributed by atoms with van der Waals surface area (Å²) in [7, 11) is 0. The first kappa shape index (κ1) is 19.8. The van der Waals surface area contributed by atoms with Crippen molar-refractivity contribution in [2.75, 3.05) is 18.8 Å². The quantitative estimate of drug-likeness (QED) is 0.513. The van der Waals surface area contributed by atoms with Gasteiger partial charge in [0.05, 0.1) is 11.4 Å². The van der Waals surface area contributed by atoms with Gasteiger partial charge in [-0.1, -0.05) is 0 Å². The number of rotatable bonds is 9. The molecule has 2 rings (SSSR count). The molecule has 0 aliphatic heterocycles. The van der Waals surface area contributed by atoms with Crippen LogP contribution in [0.1, 0.15) is 35.2 Å². The molecular weight excluding hydrogens is 352 g/mol. The van der Waals surface area contributed by atoms with Gasteiger partial charge in [0.15, 0.2) is 5.11 Å². The number of thiocarbonyl (C=S) groups is 1. The molecule has 0 spiro atoms. The number of nitrogens with one attached hydrogen (secondary N) is 2. The third-order valence-corrected chi connectivity index (χ3v) is 5.34. The van der Waals surface area contributed by atoms with Crippen LogP contribution in [0, 0.1) is 27.7 Å². The Bertz CT molecular complexity index is 693. The van der Waals surface area contributed by atoms with Gasteiger partial charge in [0.1, 0.15) is 17.3 Å². The SMILES string of the molecule is Cc1ccc(CSCCNC(=S)NCCCn2c(C)nc(C)c2C)o1. The van der Waals surface area contributed by atoms with Gasteiger partial charge in [-0.2, -0.15) is 11.8 Å². The molecule has 0 bridgehead atoms. The average molecular weight is 381 g/mol. The fourth-order valence-corrected chi connectivity index (χ4v) is 3.58. The third-order valence-electron chi connectivity index (χ3n) is 4.06. The van der Waals surface area contributed by atoms with Crippen molar-refractivity contribution in [1.82, 2.24) is 20.2 Å². The molecule has 2 aromatic heterocycles. The first-order valence-electron chi connectivity index (χ1n) is 8.62. The molecule has 138 valence electrons. The van der Waals surface area contributed by atoms with E-state index in [9.17, 15) is 0 Å². The van der Waals surface area contributed by atoms with Crippen molar-refractivity contribution >= 4 is 29.1 Å². The number of imidazole rings is 1. The number of hydrogen-bond acceptors (Lipinski definition) is 4. The summed E-state index contributed by atoms with van der Waals surface area (Å²) in [6.45, 7) is 10.9. The Morgan fingerprint density at radius 2 is 1.96 bits per heavy atom. The first-order chi connectivity index (χ1) is 12.0. The predicted octanol–water partition coefficient (Wildman–Crippen LogP) is 3.50. The summed E-state index contributed by atoms with van der Waals surface area (Å²) in [6, 6.07) is 4.04. The average Bonchev–Trinajstić information content (AvgIpc) is 3.08. The van der Waals surface area contributed by atoms with Crippen LogP contribution in [0.2, 0.25) is 0 Å². The Labute approximate surface area is 160 Å². The molecule has 25 heavy (non-hydrogen) atoms. The first-order valence-corrected chi connectivity index (χ1v) is 10.2. The van der Waals surface area contributed by atoms with Gasteiger partial charge in [-0.3, -0.25) is 0 Å². The Hall–Kier alpha value is -1.47. The zero-order valence-corrected chi connectivity index (χ0v) is 17.1. The number of aryl methyl sites for hydroxylation is 3. The molecule has 2 N–H and O–H groups in total. The highest BCUT2D eigenvalue weighted by molar-refractivity contribution is 7.98. The lowest BCUT2D eigenvalue weighted by molar-refractivity contribution is 0.501. The summed E-state index contributed by atoms with van der Waals surface area (Å²) in [5, 5.41) is 7.25. The van der Waals surface area contributed by atoms with Crippen LogP contribution < -0.4 is 10.6 Å².